The van der Waals surface area contributed by atoms with Gasteiger partial charge in [-0.3, -0.25) is 4.79 Å². The largest absolute Gasteiger partial charge is 0.497 e. The Morgan fingerprint density at radius 2 is 2.10 bits per heavy atom. The maximum atomic E-state index is 12.0. The topological polar surface area (TPSA) is 73.5 Å². The van der Waals surface area contributed by atoms with Gasteiger partial charge in [-0.2, -0.15) is 4.74 Å². The first-order chi connectivity index (χ1) is 9.63. The Morgan fingerprint density at radius 1 is 1.40 bits per heavy atom. The zero-order valence-corrected chi connectivity index (χ0v) is 10.8. The van der Waals surface area contributed by atoms with Crippen LogP contribution in [0.2, 0.25) is 0 Å². The predicted molar refractivity (Wildman–Crippen MR) is 69.1 cm³/mol. The lowest BCUT2D eigenvalue weighted by molar-refractivity contribution is -0.122. The van der Waals surface area contributed by atoms with Crippen LogP contribution in [0.25, 0.3) is 11.1 Å². The fraction of sp³-hybridized carbons (Fsp3) is 0.231. The highest BCUT2D eigenvalue weighted by atomic mass is 19.1. The normalized spacial score (nSPS) is 10.3. The average molecular weight is 280 g/mol. The van der Waals surface area contributed by atoms with Crippen LogP contribution in [-0.4, -0.2) is 24.4 Å². The third kappa shape index (κ3) is 3.05. The van der Waals surface area contributed by atoms with Crippen molar-refractivity contribution >= 4 is 5.91 Å². The van der Waals surface area contributed by atoms with Crippen molar-refractivity contribution < 1.29 is 18.4 Å². The summed E-state index contributed by atoms with van der Waals surface area (Å²) in [5.41, 5.74) is 0.474. The standard InChI is InChI=1S/C13H13FN2O4/c1-19-10-4-2-9(3-5-10)11-7-16(20-13(11)18)8-15-12(17)6-14/h2-5,7H,6,8H2,1H3,(H,15,17). The number of nitrogens with one attached hydrogen (secondary N) is 1. The van der Waals surface area contributed by atoms with Gasteiger partial charge in [-0.25, -0.2) is 9.18 Å². The van der Waals surface area contributed by atoms with E-state index in [0.29, 0.717) is 16.9 Å². The molecule has 7 heteroatoms. The molecular weight excluding hydrogens is 267 g/mol. The van der Waals surface area contributed by atoms with Crippen molar-refractivity contribution in [2.75, 3.05) is 13.8 Å². The minimum absolute atomic E-state index is 0.103. The average Bonchev–Trinajstić information content (AvgIpc) is 2.86. The van der Waals surface area contributed by atoms with E-state index in [-0.39, 0.29) is 6.67 Å². The molecule has 0 fully saturated rings. The molecule has 0 aliphatic heterocycles. The van der Waals surface area contributed by atoms with Crippen LogP contribution in [0.1, 0.15) is 0 Å². The van der Waals surface area contributed by atoms with Gasteiger partial charge in [0.2, 0.25) is 0 Å². The molecule has 2 aromatic rings. The number of ether oxygens (including phenoxy) is 1. The Labute approximate surface area is 113 Å². The number of halogens is 1. The smallest absolute Gasteiger partial charge is 0.365 e. The molecule has 0 aliphatic carbocycles. The number of amides is 1. The van der Waals surface area contributed by atoms with Gasteiger partial charge < -0.3 is 14.6 Å². The van der Waals surface area contributed by atoms with Gasteiger partial charge >= 0.3 is 5.63 Å². The van der Waals surface area contributed by atoms with E-state index in [1.165, 1.54) is 6.20 Å². The summed E-state index contributed by atoms with van der Waals surface area (Å²) < 4.78 is 23.1. The predicted octanol–water partition coefficient (Wildman–Crippen LogP) is 1.16. The number of carbonyl (C=O) groups is 1. The van der Waals surface area contributed by atoms with Gasteiger partial charge in [0.25, 0.3) is 5.91 Å². The Morgan fingerprint density at radius 3 is 2.70 bits per heavy atom. The van der Waals surface area contributed by atoms with Crippen LogP contribution in [0, 0.1) is 0 Å². The zero-order chi connectivity index (χ0) is 14.5. The van der Waals surface area contributed by atoms with E-state index < -0.39 is 18.2 Å². The molecule has 0 spiro atoms. The highest BCUT2D eigenvalue weighted by Gasteiger charge is 2.10. The van der Waals surface area contributed by atoms with Crippen LogP contribution in [-0.2, 0) is 11.5 Å². The molecule has 0 atom stereocenters. The summed E-state index contributed by atoms with van der Waals surface area (Å²) in [6.07, 6.45) is 1.45. The van der Waals surface area contributed by atoms with Crippen molar-refractivity contribution in [2.45, 2.75) is 6.67 Å². The Balaban J connectivity index is 2.18. The fourth-order valence-electron chi connectivity index (χ4n) is 1.63. The lowest BCUT2D eigenvalue weighted by Gasteiger charge is -2.01. The second-order valence-corrected chi connectivity index (χ2v) is 3.96. The molecule has 0 unspecified atom stereocenters. The molecule has 106 valence electrons. The molecule has 2 rings (SSSR count). The van der Waals surface area contributed by atoms with Crippen LogP contribution < -0.4 is 15.7 Å². The Bertz CT molecular complexity index is 645. The monoisotopic (exact) mass is 280 g/mol. The fourth-order valence-corrected chi connectivity index (χ4v) is 1.63. The molecule has 0 saturated carbocycles. The van der Waals surface area contributed by atoms with E-state index in [9.17, 15) is 14.0 Å². The summed E-state index contributed by atoms with van der Waals surface area (Å²) in [6.45, 7) is -1.22. The molecule has 20 heavy (non-hydrogen) atoms. The molecule has 1 aromatic carbocycles. The lowest BCUT2D eigenvalue weighted by atomic mass is 10.1. The quantitative estimate of drug-likeness (QED) is 0.892. The first-order valence-corrected chi connectivity index (χ1v) is 5.82. The summed E-state index contributed by atoms with van der Waals surface area (Å²) in [6, 6.07) is 6.87. The van der Waals surface area contributed by atoms with E-state index in [1.54, 1.807) is 31.4 Å². The summed E-state index contributed by atoms with van der Waals surface area (Å²) in [5, 5.41) is 2.26. The van der Waals surface area contributed by atoms with E-state index in [2.05, 4.69) is 5.32 Å². The molecule has 1 aromatic heterocycles. The van der Waals surface area contributed by atoms with Gasteiger partial charge in [0.15, 0.2) is 6.67 Å². The summed E-state index contributed by atoms with van der Waals surface area (Å²) in [5.74, 6) is -0.0971. The maximum Gasteiger partial charge on any atom is 0.365 e. The van der Waals surface area contributed by atoms with E-state index in [0.717, 1.165) is 4.74 Å². The number of alkyl halides is 1. The Kier molecular flexibility index (Phi) is 4.19. The van der Waals surface area contributed by atoms with Crippen molar-refractivity contribution in [3.63, 3.8) is 0 Å². The maximum absolute atomic E-state index is 12.0. The van der Waals surface area contributed by atoms with Crippen LogP contribution in [0.3, 0.4) is 0 Å². The third-order valence-corrected chi connectivity index (χ3v) is 2.65. The van der Waals surface area contributed by atoms with Gasteiger partial charge in [-0.15, -0.1) is 0 Å². The number of carbonyl (C=O) groups excluding carboxylic acids is 1. The zero-order valence-electron chi connectivity index (χ0n) is 10.8. The first kappa shape index (κ1) is 13.9. The summed E-state index contributed by atoms with van der Waals surface area (Å²) in [4.78, 5) is 22.5. The van der Waals surface area contributed by atoms with Gasteiger partial charge in [0.05, 0.1) is 18.9 Å². The van der Waals surface area contributed by atoms with Gasteiger partial charge in [-0.1, -0.05) is 12.1 Å². The van der Waals surface area contributed by atoms with Crippen LogP contribution >= 0.6 is 0 Å². The first-order valence-electron chi connectivity index (χ1n) is 5.82. The molecule has 0 saturated heterocycles. The molecular formula is C13H13FN2O4. The van der Waals surface area contributed by atoms with Crippen molar-refractivity contribution in [1.29, 1.82) is 0 Å². The highest BCUT2D eigenvalue weighted by molar-refractivity contribution is 5.76. The van der Waals surface area contributed by atoms with Crippen molar-refractivity contribution in [3.8, 4) is 16.9 Å². The number of methoxy groups -OCH3 is 1. The van der Waals surface area contributed by atoms with Crippen LogP contribution in [0.5, 0.6) is 5.75 Å². The van der Waals surface area contributed by atoms with E-state index in [1.807, 2.05) is 0 Å². The van der Waals surface area contributed by atoms with Crippen LogP contribution in [0.15, 0.2) is 39.8 Å². The molecule has 0 aliphatic rings. The lowest BCUT2D eigenvalue weighted by Crippen LogP contribution is -2.26. The van der Waals surface area contributed by atoms with E-state index >= 15 is 0 Å². The number of aromatic nitrogens is 1. The van der Waals surface area contributed by atoms with Crippen LogP contribution in [0.4, 0.5) is 4.39 Å². The molecule has 1 N–H and O–H groups in total. The van der Waals surface area contributed by atoms with Crippen molar-refractivity contribution in [1.82, 2.24) is 10.1 Å². The number of benzene rings is 1. The molecule has 1 amide bonds. The molecule has 6 nitrogen and oxygen atoms in total. The van der Waals surface area contributed by atoms with Gasteiger partial charge in [-0.05, 0) is 17.7 Å². The van der Waals surface area contributed by atoms with E-state index in [4.69, 9.17) is 9.26 Å². The number of hydrogen-bond donors (Lipinski definition) is 1. The number of hydrogen-bond acceptors (Lipinski definition) is 4. The molecule has 0 radical (unpaired) electrons. The molecule has 1 heterocycles. The van der Waals surface area contributed by atoms with Crippen molar-refractivity contribution in [3.05, 3.63) is 40.9 Å². The third-order valence-electron chi connectivity index (χ3n) is 2.65. The minimum Gasteiger partial charge on any atom is -0.497 e. The van der Waals surface area contributed by atoms with Gasteiger partial charge in [0, 0.05) is 0 Å². The minimum atomic E-state index is -1.11. The SMILES string of the molecule is COc1ccc(-c2cn(CNC(=O)CF)oc2=O)cc1. The molecule has 0 bridgehead atoms. The summed E-state index contributed by atoms with van der Waals surface area (Å²) in [7, 11) is 1.55. The highest BCUT2D eigenvalue weighted by Crippen LogP contribution is 2.19. The Hall–Kier alpha value is -2.57. The number of nitrogens with zero attached hydrogens (tertiary/aromatic N) is 1. The van der Waals surface area contributed by atoms with Gasteiger partial charge in [0.1, 0.15) is 12.4 Å². The second kappa shape index (κ2) is 6.05. The number of rotatable bonds is 5. The second-order valence-electron chi connectivity index (χ2n) is 3.96. The van der Waals surface area contributed by atoms with Crippen molar-refractivity contribution in [2.24, 2.45) is 0 Å². The summed E-state index contributed by atoms with van der Waals surface area (Å²) >= 11 is 0.